The Morgan fingerprint density at radius 3 is 2.77 bits per heavy atom. The molecule has 2 nitrogen and oxygen atoms in total. The van der Waals surface area contributed by atoms with E-state index in [-0.39, 0.29) is 6.29 Å². The molecular formula is C11H21O2. The normalized spacial score (nSPS) is 30.5. The van der Waals surface area contributed by atoms with Crippen LogP contribution in [0.15, 0.2) is 0 Å². The van der Waals surface area contributed by atoms with E-state index in [9.17, 15) is 0 Å². The lowest BCUT2D eigenvalue weighted by Crippen LogP contribution is -2.22. The molecule has 1 saturated heterocycles. The Kier molecular flexibility index (Phi) is 4.74. The van der Waals surface area contributed by atoms with Crippen LogP contribution in [0.2, 0.25) is 0 Å². The van der Waals surface area contributed by atoms with E-state index in [4.69, 9.17) is 9.47 Å². The maximum absolute atomic E-state index is 5.68. The van der Waals surface area contributed by atoms with Crippen molar-refractivity contribution >= 4 is 0 Å². The quantitative estimate of drug-likeness (QED) is 0.673. The first-order valence-corrected chi connectivity index (χ1v) is 5.26. The van der Waals surface area contributed by atoms with Crippen molar-refractivity contribution in [3.8, 4) is 0 Å². The van der Waals surface area contributed by atoms with Crippen molar-refractivity contribution in [1.82, 2.24) is 0 Å². The fourth-order valence-corrected chi connectivity index (χ4v) is 1.61. The summed E-state index contributed by atoms with van der Waals surface area (Å²) in [6, 6.07) is 0. The highest BCUT2D eigenvalue weighted by Gasteiger charge is 2.21. The topological polar surface area (TPSA) is 18.5 Å². The molecule has 0 saturated carbocycles. The van der Waals surface area contributed by atoms with E-state index in [0.29, 0.717) is 11.8 Å². The van der Waals surface area contributed by atoms with Gasteiger partial charge in [-0.05, 0) is 18.8 Å². The maximum Gasteiger partial charge on any atom is 0.159 e. The molecule has 77 valence electrons. The molecule has 1 aliphatic heterocycles. The van der Waals surface area contributed by atoms with Crippen molar-refractivity contribution in [2.45, 2.75) is 39.4 Å². The Morgan fingerprint density at radius 1 is 1.38 bits per heavy atom. The van der Waals surface area contributed by atoms with Gasteiger partial charge >= 0.3 is 0 Å². The SMILES string of the molecule is [CH2]CCC1CCOC(C(C)C)OC1. The third-order valence-corrected chi connectivity index (χ3v) is 2.46. The zero-order valence-corrected chi connectivity index (χ0v) is 8.79. The van der Waals surface area contributed by atoms with Gasteiger partial charge in [-0.3, -0.25) is 0 Å². The average molecular weight is 185 g/mol. The maximum atomic E-state index is 5.68. The molecule has 2 unspecified atom stereocenters. The molecule has 0 amide bonds. The first-order chi connectivity index (χ1) is 6.24. The Bertz CT molecular complexity index is 134. The highest BCUT2D eigenvalue weighted by Crippen LogP contribution is 2.20. The Labute approximate surface area is 81.6 Å². The monoisotopic (exact) mass is 185 g/mol. The second kappa shape index (κ2) is 5.61. The average Bonchev–Trinajstić information content (AvgIpc) is 2.30. The van der Waals surface area contributed by atoms with Gasteiger partial charge in [0.05, 0.1) is 13.2 Å². The van der Waals surface area contributed by atoms with Gasteiger partial charge in [0, 0.05) is 5.92 Å². The van der Waals surface area contributed by atoms with E-state index in [1.54, 1.807) is 0 Å². The minimum atomic E-state index is 0.00909. The second-order valence-corrected chi connectivity index (χ2v) is 4.11. The van der Waals surface area contributed by atoms with Gasteiger partial charge in [-0.1, -0.05) is 27.2 Å². The van der Waals surface area contributed by atoms with Crippen LogP contribution >= 0.6 is 0 Å². The predicted molar refractivity (Wildman–Crippen MR) is 53.2 cm³/mol. The van der Waals surface area contributed by atoms with E-state index >= 15 is 0 Å². The Morgan fingerprint density at radius 2 is 2.15 bits per heavy atom. The molecule has 0 aromatic heterocycles. The standard InChI is InChI=1S/C11H21O2/c1-4-5-10-6-7-12-11(9(2)3)13-8-10/h9-11H,1,4-8H2,2-3H3. The molecule has 2 heteroatoms. The lowest BCUT2D eigenvalue weighted by atomic mass is 10.0. The molecule has 0 spiro atoms. The summed E-state index contributed by atoms with van der Waals surface area (Å²) >= 11 is 0. The molecule has 0 aromatic carbocycles. The van der Waals surface area contributed by atoms with E-state index < -0.39 is 0 Å². The van der Waals surface area contributed by atoms with Gasteiger partial charge in [0.25, 0.3) is 0 Å². The molecule has 1 radical (unpaired) electrons. The largest absolute Gasteiger partial charge is 0.352 e. The summed E-state index contributed by atoms with van der Waals surface area (Å²) < 4.78 is 11.3. The Balaban J connectivity index is 2.30. The second-order valence-electron chi connectivity index (χ2n) is 4.11. The van der Waals surface area contributed by atoms with Gasteiger partial charge in [0.1, 0.15) is 0 Å². The predicted octanol–water partition coefficient (Wildman–Crippen LogP) is 2.64. The Hall–Kier alpha value is -0.0800. The zero-order valence-electron chi connectivity index (χ0n) is 8.79. The molecule has 1 fully saturated rings. The van der Waals surface area contributed by atoms with Crippen molar-refractivity contribution in [3.63, 3.8) is 0 Å². The van der Waals surface area contributed by atoms with Gasteiger partial charge in [-0.25, -0.2) is 0 Å². The molecule has 1 aliphatic rings. The molecule has 0 aliphatic carbocycles. The van der Waals surface area contributed by atoms with Crippen molar-refractivity contribution < 1.29 is 9.47 Å². The minimum Gasteiger partial charge on any atom is -0.352 e. The van der Waals surface area contributed by atoms with E-state index in [2.05, 4.69) is 20.8 Å². The minimum absolute atomic E-state index is 0.00909. The third-order valence-electron chi connectivity index (χ3n) is 2.46. The fraction of sp³-hybridized carbons (Fsp3) is 0.909. The van der Waals surface area contributed by atoms with Gasteiger partial charge < -0.3 is 9.47 Å². The van der Waals surface area contributed by atoms with Crippen LogP contribution in [0.1, 0.15) is 33.1 Å². The summed E-state index contributed by atoms with van der Waals surface area (Å²) in [7, 11) is 0. The van der Waals surface area contributed by atoms with Gasteiger partial charge in [-0.2, -0.15) is 0 Å². The van der Waals surface area contributed by atoms with E-state index in [1.807, 2.05) is 0 Å². The van der Waals surface area contributed by atoms with Gasteiger partial charge in [-0.15, -0.1) is 0 Å². The fourth-order valence-electron chi connectivity index (χ4n) is 1.61. The highest BCUT2D eigenvalue weighted by molar-refractivity contribution is 4.64. The molecule has 13 heavy (non-hydrogen) atoms. The van der Waals surface area contributed by atoms with Crippen LogP contribution in [-0.2, 0) is 9.47 Å². The van der Waals surface area contributed by atoms with Gasteiger partial charge in [0.2, 0.25) is 0 Å². The van der Waals surface area contributed by atoms with Crippen LogP contribution in [0.25, 0.3) is 0 Å². The van der Waals surface area contributed by atoms with Crippen molar-refractivity contribution in [2.75, 3.05) is 13.2 Å². The number of ether oxygens (including phenoxy) is 2. The summed E-state index contributed by atoms with van der Waals surface area (Å²) in [5.74, 6) is 1.11. The van der Waals surface area contributed by atoms with Crippen LogP contribution < -0.4 is 0 Å². The molecule has 1 rings (SSSR count). The smallest absolute Gasteiger partial charge is 0.159 e. The van der Waals surface area contributed by atoms with Gasteiger partial charge in [0.15, 0.2) is 6.29 Å². The number of rotatable bonds is 3. The highest BCUT2D eigenvalue weighted by atomic mass is 16.7. The molecule has 2 atom stereocenters. The first kappa shape index (κ1) is 11.0. The summed E-state index contributed by atoms with van der Waals surface area (Å²) in [4.78, 5) is 0. The van der Waals surface area contributed by atoms with E-state index in [1.165, 1.54) is 0 Å². The van der Waals surface area contributed by atoms with Crippen LogP contribution in [0, 0.1) is 18.8 Å². The van der Waals surface area contributed by atoms with Crippen LogP contribution in [0.3, 0.4) is 0 Å². The molecule has 0 N–H and O–H groups in total. The zero-order chi connectivity index (χ0) is 9.68. The van der Waals surface area contributed by atoms with Crippen molar-refractivity contribution in [3.05, 3.63) is 6.92 Å². The molecule has 0 aromatic rings. The summed E-state index contributed by atoms with van der Waals surface area (Å²) in [5, 5.41) is 0. The molecule has 1 heterocycles. The van der Waals surface area contributed by atoms with Crippen LogP contribution in [0.4, 0.5) is 0 Å². The third kappa shape index (κ3) is 3.65. The number of hydrogen-bond acceptors (Lipinski definition) is 2. The lowest BCUT2D eigenvalue weighted by Gasteiger charge is -2.19. The number of hydrogen-bond donors (Lipinski definition) is 0. The van der Waals surface area contributed by atoms with E-state index in [0.717, 1.165) is 32.5 Å². The summed E-state index contributed by atoms with van der Waals surface area (Å²) in [6.07, 6.45) is 3.29. The van der Waals surface area contributed by atoms with Crippen LogP contribution in [-0.4, -0.2) is 19.5 Å². The van der Waals surface area contributed by atoms with Crippen molar-refractivity contribution in [1.29, 1.82) is 0 Å². The first-order valence-electron chi connectivity index (χ1n) is 5.26. The van der Waals surface area contributed by atoms with Crippen LogP contribution in [0.5, 0.6) is 0 Å². The summed E-state index contributed by atoms with van der Waals surface area (Å²) in [5.41, 5.74) is 0. The lowest BCUT2D eigenvalue weighted by molar-refractivity contribution is -0.153. The molecule has 0 bridgehead atoms. The molecular weight excluding hydrogens is 164 g/mol. The summed E-state index contributed by atoms with van der Waals surface area (Å²) in [6.45, 7) is 9.82. The van der Waals surface area contributed by atoms with Crippen molar-refractivity contribution in [2.24, 2.45) is 11.8 Å².